The smallest absolute Gasteiger partial charge is 0.307 e. The van der Waals surface area contributed by atoms with Crippen molar-refractivity contribution >= 4 is 5.97 Å². The second-order valence-electron chi connectivity index (χ2n) is 3.94. The fraction of sp³-hybridized carbons (Fsp3) is 0.417. The number of aliphatic carboxylic acids is 1. The van der Waals surface area contributed by atoms with Crippen molar-refractivity contribution in [3.8, 4) is 0 Å². The van der Waals surface area contributed by atoms with E-state index in [1.54, 1.807) is 7.11 Å². The highest BCUT2D eigenvalue weighted by Gasteiger charge is 2.22. The molecule has 0 saturated heterocycles. The van der Waals surface area contributed by atoms with Crippen LogP contribution in [0.25, 0.3) is 0 Å². The molecule has 1 aromatic rings. The van der Waals surface area contributed by atoms with Crippen molar-refractivity contribution < 1.29 is 14.6 Å². The lowest BCUT2D eigenvalue weighted by Gasteiger charge is -2.25. The van der Waals surface area contributed by atoms with E-state index in [1.165, 1.54) is 0 Å². The van der Waals surface area contributed by atoms with Crippen LogP contribution in [-0.4, -0.2) is 18.2 Å². The van der Waals surface area contributed by atoms with E-state index in [1.807, 2.05) is 38.1 Å². The highest BCUT2D eigenvalue weighted by Crippen LogP contribution is 2.27. The van der Waals surface area contributed by atoms with Crippen LogP contribution in [0.2, 0.25) is 0 Å². The molecule has 0 aliphatic heterocycles. The van der Waals surface area contributed by atoms with Crippen LogP contribution in [0.4, 0.5) is 0 Å². The van der Waals surface area contributed by atoms with Gasteiger partial charge in [0.15, 0.2) is 0 Å². The number of carbonyl (C=O) groups is 1. The lowest BCUT2D eigenvalue weighted by Crippen LogP contribution is -2.22. The summed E-state index contributed by atoms with van der Waals surface area (Å²) in [5.41, 5.74) is 1.28. The number of hydrogen-bond donors (Lipinski definition) is 1. The number of methoxy groups -OCH3 is 1. The molecule has 0 saturated carbocycles. The Labute approximate surface area is 89.7 Å². The SMILES string of the molecule is COC(C)(C)c1ccccc1CC(=O)O. The van der Waals surface area contributed by atoms with E-state index in [2.05, 4.69) is 0 Å². The van der Waals surface area contributed by atoms with Crippen LogP contribution in [0.3, 0.4) is 0 Å². The van der Waals surface area contributed by atoms with Crippen molar-refractivity contribution in [2.45, 2.75) is 25.9 Å². The fourth-order valence-corrected chi connectivity index (χ4v) is 1.53. The third-order valence-corrected chi connectivity index (χ3v) is 2.52. The molecule has 0 bridgehead atoms. The molecular formula is C12H16O3. The first-order valence-corrected chi connectivity index (χ1v) is 4.82. The average Bonchev–Trinajstić information content (AvgIpc) is 2.17. The molecule has 0 aliphatic rings. The Balaban J connectivity index is 3.11. The molecule has 0 spiro atoms. The highest BCUT2D eigenvalue weighted by molar-refractivity contribution is 5.70. The topological polar surface area (TPSA) is 46.5 Å². The third-order valence-electron chi connectivity index (χ3n) is 2.52. The monoisotopic (exact) mass is 208 g/mol. The molecule has 3 nitrogen and oxygen atoms in total. The largest absolute Gasteiger partial charge is 0.481 e. The second kappa shape index (κ2) is 4.45. The van der Waals surface area contributed by atoms with Gasteiger partial charge in [0.1, 0.15) is 0 Å². The third kappa shape index (κ3) is 2.80. The molecule has 0 aliphatic carbocycles. The zero-order valence-electron chi connectivity index (χ0n) is 9.28. The van der Waals surface area contributed by atoms with Crippen molar-refractivity contribution in [3.05, 3.63) is 35.4 Å². The molecule has 0 heterocycles. The van der Waals surface area contributed by atoms with Gasteiger partial charge in [0.05, 0.1) is 12.0 Å². The van der Waals surface area contributed by atoms with E-state index < -0.39 is 11.6 Å². The van der Waals surface area contributed by atoms with Crippen LogP contribution < -0.4 is 0 Å². The lowest BCUT2D eigenvalue weighted by atomic mass is 9.91. The number of benzene rings is 1. The van der Waals surface area contributed by atoms with Gasteiger partial charge in [0.25, 0.3) is 0 Å². The molecule has 0 unspecified atom stereocenters. The first kappa shape index (κ1) is 11.7. The maximum atomic E-state index is 10.7. The van der Waals surface area contributed by atoms with E-state index >= 15 is 0 Å². The van der Waals surface area contributed by atoms with E-state index in [9.17, 15) is 4.79 Å². The molecule has 82 valence electrons. The summed E-state index contributed by atoms with van der Waals surface area (Å²) >= 11 is 0. The summed E-state index contributed by atoms with van der Waals surface area (Å²) < 4.78 is 5.35. The summed E-state index contributed by atoms with van der Waals surface area (Å²) in [7, 11) is 1.62. The van der Waals surface area contributed by atoms with E-state index in [0.29, 0.717) is 0 Å². The van der Waals surface area contributed by atoms with Gasteiger partial charge in [-0.3, -0.25) is 4.79 Å². The number of ether oxygens (including phenoxy) is 1. The summed E-state index contributed by atoms with van der Waals surface area (Å²) in [5, 5.41) is 8.79. The van der Waals surface area contributed by atoms with Crippen LogP contribution in [0.1, 0.15) is 25.0 Å². The Morgan fingerprint density at radius 1 is 1.40 bits per heavy atom. The van der Waals surface area contributed by atoms with Crippen LogP contribution in [-0.2, 0) is 21.6 Å². The van der Waals surface area contributed by atoms with Crippen LogP contribution >= 0.6 is 0 Å². The zero-order chi connectivity index (χ0) is 11.5. The first-order chi connectivity index (χ1) is 6.97. The molecule has 0 amide bonds. The van der Waals surface area contributed by atoms with E-state index in [0.717, 1.165) is 11.1 Å². The summed E-state index contributed by atoms with van der Waals surface area (Å²) in [6.45, 7) is 3.85. The average molecular weight is 208 g/mol. The minimum Gasteiger partial charge on any atom is -0.481 e. The van der Waals surface area contributed by atoms with Gasteiger partial charge in [0.2, 0.25) is 0 Å². The number of carboxylic acids is 1. The number of hydrogen-bond acceptors (Lipinski definition) is 2. The van der Waals surface area contributed by atoms with Gasteiger partial charge in [-0.05, 0) is 25.0 Å². The predicted octanol–water partition coefficient (Wildman–Crippen LogP) is 2.20. The van der Waals surface area contributed by atoms with Crippen molar-refractivity contribution in [1.29, 1.82) is 0 Å². The molecule has 1 N–H and O–H groups in total. The highest BCUT2D eigenvalue weighted by atomic mass is 16.5. The molecule has 15 heavy (non-hydrogen) atoms. The Morgan fingerprint density at radius 2 is 2.00 bits per heavy atom. The van der Waals surface area contributed by atoms with Crippen LogP contribution in [0.5, 0.6) is 0 Å². The molecule has 1 rings (SSSR count). The lowest BCUT2D eigenvalue weighted by molar-refractivity contribution is -0.136. The zero-order valence-corrected chi connectivity index (χ0v) is 9.28. The Morgan fingerprint density at radius 3 is 2.53 bits per heavy atom. The Hall–Kier alpha value is -1.35. The minimum atomic E-state index is -0.825. The Bertz CT molecular complexity index is 356. The molecule has 0 radical (unpaired) electrons. The number of rotatable bonds is 4. The van der Waals surface area contributed by atoms with Gasteiger partial charge in [-0.2, -0.15) is 0 Å². The number of carboxylic acid groups (broad SMARTS) is 1. The van der Waals surface area contributed by atoms with Gasteiger partial charge in [-0.25, -0.2) is 0 Å². The fourth-order valence-electron chi connectivity index (χ4n) is 1.53. The van der Waals surface area contributed by atoms with Gasteiger partial charge >= 0.3 is 5.97 Å². The second-order valence-corrected chi connectivity index (χ2v) is 3.94. The van der Waals surface area contributed by atoms with Gasteiger partial charge < -0.3 is 9.84 Å². The molecule has 3 heteroatoms. The summed E-state index contributed by atoms with van der Waals surface area (Å²) in [6, 6.07) is 7.46. The van der Waals surface area contributed by atoms with Crippen molar-refractivity contribution in [3.63, 3.8) is 0 Å². The normalized spacial score (nSPS) is 11.4. The van der Waals surface area contributed by atoms with Gasteiger partial charge in [-0.1, -0.05) is 24.3 Å². The van der Waals surface area contributed by atoms with Gasteiger partial charge in [-0.15, -0.1) is 0 Å². The van der Waals surface area contributed by atoms with E-state index in [-0.39, 0.29) is 6.42 Å². The summed E-state index contributed by atoms with van der Waals surface area (Å²) in [4.78, 5) is 10.7. The molecule has 0 fully saturated rings. The van der Waals surface area contributed by atoms with Gasteiger partial charge in [0, 0.05) is 7.11 Å². The first-order valence-electron chi connectivity index (χ1n) is 4.82. The van der Waals surface area contributed by atoms with Crippen LogP contribution in [0, 0.1) is 0 Å². The van der Waals surface area contributed by atoms with Crippen molar-refractivity contribution in [1.82, 2.24) is 0 Å². The summed E-state index contributed by atoms with van der Waals surface area (Å²) in [6.07, 6.45) is 0.0307. The molecule has 0 aromatic heterocycles. The molecule has 0 atom stereocenters. The summed E-state index contributed by atoms with van der Waals surface area (Å²) in [5.74, 6) is -0.825. The molecular weight excluding hydrogens is 192 g/mol. The van der Waals surface area contributed by atoms with Crippen LogP contribution in [0.15, 0.2) is 24.3 Å². The van der Waals surface area contributed by atoms with Crippen molar-refractivity contribution in [2.75, 3.05) is 7.11 Å². The Kier molecular flexibility index (Phi) is 3.48. The standard InChI is InChI=1S/C12H16O3/c1-12(2,15-3)10-7-5-4-6-9(10)8-11(13)14/h4-7H,8H2,1-3H3,(H,13,14). The predicted molar refractivity (Wildman–Crippen MR) is 57.8 cm³/mol. The molecule has 1 aromatic carbocycles. The minimum absolute atomic E-state index is 0.0307. The maximum Gasteiger partial charge on any atom is 0.307 e. The van der Waals surface area contributed by atoms with Crippen molar-refractivity contribution in [2.24, 2.45) is 0 Å². The quantitative estimate of drug-likeness (QED) is 0.825. The van der Waals surface area contributed by atoms with E-state index in [4.69, 9.17) is 9.84 Å². The maximum absolute atomic E-state index is 10.7.